The number of carbonyl (C=O) groups excluding carboxylic acids is 1. The molecule has 0 aliphatic heterocycles. The van der Waals surface area contributed by atoms with E-state index in [1.54, 1.807) is 36.4 Å². The van der Waals surface area contributed by atoms with Crippen LogP contribution in [0.25, 0.3) is 0 Å². The molecule has 0 spiro atoms. The Labute approximate surface area is 145 Å². The van der Waals surface area contributed by atoms with Crippen LogP contribution in [0.4, 0.5) is 5.69 Å². The smallest absolute Gasteiger partial charge is 0.256 e. The first-order valence-electron chi connectivity index (χ1n) is 5.74. The summed E-state index contributed by atoms with van der Waals surface area (Å²) >= 11 is 20.2. The van der Waals surface area contributed by atoms with Gasteiger partial charge in [-0.15, -0.1) is 0 Å². The first-order chi connectivity index (χ1) is 9.88. The highest BCUT2D eigenvalue weighted by molar-refractivity contribution is 9.10. The van der Waals surface area contributed by atoms with Crippen molar-refractivity contribution < 1.29 is 4.79 Å². The summed E-state index contributed by atoms with van der Waals surface area (Å²) in [4.78, 5) is 12.5. The summed E-state index contributed by atoms with van der Waals surface area (Å²) in [5.74, 6) is -0.325. The van der Waals surface area contributed by atoms with Gasteiger partial charge in [-0.1, -0.05) is 35.4 Å². The molecule has 0 fully saturated rings. The molecule has 0 aromatic heterocycles. The van der Waals surface area contributed by atoms with Crippen LogP contribution in [0.15, 0.2) is 40.9 Å². The SMILES string of the molecule is NC(=S)c1ccc(NC(=O)c2cc(Cl)ccc2Br)c(Cl)c1. The van der Waals surface area contributed by atoms with Gasteiger partial charge in [0.25, 0.3) is 5.91 Å². The Kier molecular flexibility index (Phi) is 5.22. The maximum atomic E-state index is 12.2. The topological polar surface area (TPSA) is 55.1 Å². The molecule has 3 nitrogen and oxygen atoms in total. The molecule has 0 aliphatic rings. The molecule has 0 atom stereocenters. The lowest BCUT2D eigenvalue weighted by atomic mass is 10.2. The zero-order chi connectivity index (χ0) is 15.6. The summed E-state index contributed by atoms with van der Waals surface area (Å²) in [5.41, 5.74) is 7.04. The number of nitrogens with two attached hydrogens (primary N) is 1. The average molecular weight is 404 g/mol. The van der Waals surface area contributed by atoms with Gasteiger partial charge in [-0.3, -0.25) is 4.79 Å². The van der Waals surface area contributed by atoms with E-state index in [0.717, 1.165) is 0 Å². The van der Waals surface area contributed by atoms with Gasteiger partial charge >= 0.3 is 0 Å². The van der Waals surface area contributed by atoms with E-state index in [9.17, 15) is 4.79 Å². The van der Waals surface area contributed by atoms with Crippen LogP contribution in [0.5, 0.6) is 0 Å². The van der Waals surface area contributed by atoms with Gasteiger partial charge in [0.2, 0.25) is 0 Å². The average Bonchev–Trinajstić information content (AvgIpc) is 2.43. The highest BCUT2D eigenvalue weighted by atomic mass is 79.9. The molecular weight excluding hydrogens is 395 g/mol. The number of anilines is 1. The van der Waals surface area contributed by atoms with Gasteiger partial charge in [0.15, 0.2) is 0 Å². The van der Waals surface area contributed by atoms with Crippen LogP contribution < -0.4 is 11.1 Å². The molecule has 0 unspecified atom stereocenters. The van der Waals surface area contributed by atoms with Gasteiger partial charge in [0.05, 0.1) is 16.3 Å². The minimum atomic E-state index is -0.325. The van der Waals surface area contributed by atoms with E-state index in [4.69, 9.17) is 41.2 Å². The Morgan fingerprint density at radius 1 is 1.19 bits per heavy atom. The van der Waals surface area contributed by atoms with Gasteiger partial charge in [-0.25, -0.2) is 0 Å². The molecule has 0 heterocycles. The molecule has 108 valence electrons. The third-order valence-corrected chi connectivity index (χ3v) is 4.15. The van der Waals surface area contributed by atoms with E-state index in [1.807, 2.05) is 0 Å². The van der Waals surface area contributed by atoms with Crippen LogP contribution in [-0.2, 0) is 0 Å². The minimum absolute atomic E-state index is 0.243. The molecule has 21 heavy (non-hydrogen) atoms. The summed E-state index contributed by atoms with van der Waals surface area (Å²) in [6.45, 7) is 0. The fraction of sp³-hybridized carbons (Fsp3) is 0. The summed E-state index contributed by atoms with van der Waals surface area (Å²) < 4.78 is 0.639. The molecular formula is C14H9BrCl2N2OS. The number of hydrogen-bond donors (Lipinski definition) is 2. The Morgan fingerprint density at radius 3 is 2.52 bits per heavy atom. The third-order valence-electron chi connectivity index (χ3n) is 2.67. The maximum absolute atomic E-state index is 12.2. The molecule has 3 N–H and O–H groups in total. The van der Waals surface area contributed by atoms with Crippen LogP contribution >= 0.6 is 51.3 Å². The first-order valence-corrected chi connectivity index (χ1v) is 7.70. The summed E-state index contributed by atoms with van der Waals surface area (Å²) in [7, 11) is 0. The molecule has 2 aromatic rings. The van der Waals surface area contributed by atoms with Crippen LogP contribution in [-0.4, -0.2) is 10.9 Å². The van der Waals surface area contributed by atoms with Gasteiger partial charge in [0, 0.05) is 15.1 Å². The molecule has 0 aliphatic carbocycles. The molecule has 0 radical (unpaired) electrons. The van der Waals surface area contributed by atoms with Crippen molar-refractivity contribution in [1.29, 1.82) is 0 Å². The van der Waals surface area contributed by atoms with Crippen molar-refractivity contribution in [3.63, 3.8) is 0 Å². The molecule has 0 saturated carbocycles. The highest BCUT2D eigenvalue weighted by Crippen LogP contribution is 2.26. The van der Waals surface area contributed by atoms with Crippen molar-refractivity contribution in [2.24, 2.45) is 5.73 Å². The van der Waals surface area contributed by atoms with Gasteiger partial charge < -0.3 is 11.1 Å². The lowest BCUT2D eigenvalue weighted by Crippen LogP contribution is -2.14. The van der Waals surface area contributed by atoms with Crippen molar-refractivity contribution in [3.05, 3.63) is 62.0 Å². The standard InChI is InChI=1S/C14H9BrCl2N2OS/c15-10-3-2-8(16)6-9(10)14(20)19-12-4-1-7(13(18)21)5-11(12)17/h1-6H,(H2,18,21)(H,19,20). The monoisotopic (exact) mass is 402 g/mol. The molecule has 0 bridgehead atoms. The van der Waals surface area contributed by atoms with Gasteiger partial charge in [-0.05, 0) is 52.3 Å². The second-order valence-corrected chi connectivity index (χ2v) is 6.27. The molecule has 0 saturated heterocycles. The predicted molar refractivity (Wildman–Crippen MR) is 94.4 cm³/mol. The van der Waals surface area contributed by atoms with Crippen molar-refractivity contribution in [2.45, 2.75) is 0 Å². The predicted octanol–water partition coefficient (Wildman–Crippen LogP) is 4.64. The molecule has 2 aromatic carbocycles. The number of benzene rings is 2. The number of amides is 1. The first kappa shape index (κ1) is 16.2. The quantitative estimate of drug-likeness (QED) is 0.733. The van der Waals surface area contributed by atoms with Gasteiger partial charge in [-0.2, -0.15) is 0 Å². The number of thiocarbonyl (C=S) groups is 1. The van der Waals surface area contributed by atoms with Crippen molar-refractivity contribution in [3.8, 4) is 0 Å². The number of rotatable bonds is 3. The van der Waals surface area contributed by atoms with Crippen molar-refractivity contribution >= 4 is 67.9 Å². The van der Waals surface area contributed by atoms with E-state index in [1.165, 1.54) is 0 Å². The van der Waals surface area contributed by atoms with E-state index in [2.05, 4.69) is 21.2 Å². The van der Waals surface area contributed by atoms with E-state index in [-0.39, 0.29) is 10.9 Å². The number of halogens is 3. The lowest BCUT2D eigenvalue weighted by Gasteiger charge is -2.10. The van der Waals surface area contributed by atoms with Gasteiger partial charge in [0.1, 0.15) is 4.99 Å². The fourth-order valence-electron chi connectivity index (χ4n) is 1.63. The highest BCUT2D eigenvalue weighted by Gasteiger charge is 2.13. The van der Waals surface area contributed by atoms with Crippen molar-refractivity contribution in [2.75, 3.05) is 5.32 Å². The maximum Gasteiger partial charge on any atom is 0.256 e. The fourth-order valence-corrected chi connectivity index (χ4v) is 2.58. The van der Waals surface area contributed by atoms with Crippen LogP contribution in [0.3, 0.4) is 0 Å². The third kappa shape index (κ3) is 3.95. The largest absolute Gasteiger partial charge is 0.389 e. The summed E-state index contributed by atoms with van der Waals surface area (Å²) in [6.07, 6.45) is 0. The van der Waals surface area contributed by atoms with E-state index in [0.29, 0.717) is 31.3 Å². The molecule has 2 rings (SSSR count). The Morgan fingerprint density at radius 2 is 1.90 bits per heavy atom. The number of carbonyl (C=O) groups is 1. The summed E-state index contributed by atoms with van der Waals surface area (Å²) in [6, 6.07) is 9.90. The second kappa shape index (κ2) is 6.75. The van der Waals surface area contributed by atoms with Crippen LogP contribution in [0.2, 0.25) is 10.0 Å². The summed E-state index contributed by atoms with van der Waals surface area (Å²) in [5, 5.41) is 3.54. The van der Waals surface area contributed by atoms with E-state index < -0.39 is 0 Å². The second-order valence-electron chi connectivity index (χ2n) is 4.14. The molecule has 1 amide bonds. The zero-order valence-corrected chi connectivity index (χ0v) is 14.4. The zero-order valence-electron chi connectivity index (χ0n) is 10.5. The number of hydrogen-bond acceptors (Lipinski definition) is 2. The van der Waals surface area contributed by atoms with E-state index >= 15 is 0 Å². The minimum Gasteiger partial charge on any atom is -0.389 e. The number of nitrogens with one attached hydrogen (secondary N) is 1. The molecule has 7 heteroatoms. The Bertz CT molecular complexity index is 737. The lowest BCUT2D eigenvalue weighted by molar-refractivity contribution is 0.102. The van der Waals surface area contributed by atoms with Crippen LogP contribution in [0.1, 0.15) is 15.9 Å². The Hall–Kier alpha value is -1.14. The van der Waals surface area contributed by atoms with Crippen LogP contribution in [0, 0.1) is 0 Å². The Balaban J connectivity index is 2.27. The normalized spacial score (nSPS) is 10.2. The van der Waals surface area contributed by atoms with Crippen molar-refractivity contribution in [1.82, 2.24) is 0 Å².